The lowest BCUT2D eigenvalue weighted by Crippen LogP contribution is -2.23. The van der Waals surface area contributed by atoms with Gasteiger partial charge in [-0.1, -0.05) is 30.3 Å². The van der Waals surface area contributed by atoms with Crippen molar-refractivity contribution in [2.24, 2.45) is 0 Å². The van der Waals surface area contributed by atoms with Gasteiger partial charge in [0.1, 0.15) is 24.0 Å². The second-order valence-electron chi connectivity index (χ2n) is 7.29. The lowest BCUT2D eigenvalue weighted by atomic mass is 10.1. The van der Waals surface area contributed by atoms with E-state index >= 15 is 0 Å². The number of carbonyl (C=O) groups is 1. The number of nitrogens with zero attached hydrogens (tertiary/aromatic N) is 2. The molecule has 1 N–H and O–H groups in total. The summed E-state index contributed by atoms with van der Waals surface area (Å²) in [4.78, 5) is 12.5. The van der Waals surface area contributed by atoms with Crippen LogP contribution in [0.1, 0.15) is 22.3 Å². The number of nitrogens with one attached hydrogen (secondary N) is 1. The van der Waals surface area contributed by atoms with Crippen molar-refractivity contribution in [3.05, 3.63) is 93.0 Å². The lowest BCUT2D eigenvalue weighted by molar-refractivity contribution is -0.117. The summed E-state index contributed by atoms with van der Waals surface area (Å²) in [6.45, 7) is 0.664. The fraction of sp³-hybridized carbons (Fsp3) is 0.115. The quantitative estimate of drug-likeness (QED) is 0.356. The van der Waals surface area contributed by atoms with E-state index in [0.29, 0.717) is 32.8 Å². The molecule has 0 spiro atoms. The Hall–Kier alpha value is -4.27. The summed E-state index contributed by atoms with van der Waals surface area (Å²) in [5.74, 6) is 1.39. The van der Waals surface area contributed by atoms with E-state index in [-0.39, 0.29) is 25.5 Å². The van der Waals surface area contributed by atoms with Crippen LogP contribution in [0.2, 0.25) is 0 Å². The first-order valence-electron chi connectivity index (χ1n) is 10.3. The van der Waals surface area contributed by atoms with Gasteiger partial charge in [-0.25, -0.2) is 0 Å². The van der Waals surface area contributed by atoms with Gasteiger partial charge in [-0.15, -0.1) is 0 Å². The topological polar surface area (TPSA) is 104 Å². The van der Waals surface area contributed by atoms with Crippen molar-refractivity contribution in [1.82, 2.24) is 5.32 Å². The van der Waals surface area contributed by atoms with Gasteiger partial charge in [0.15, 0.2) is 11.5 Å². The number of ether oxygens (including phenoxy) is 3. The molecule has 4 rings (SSSR count). The van der Waals surface area contributed by atoms with E-state index in [4.69, 9.17) is 14.2 Å². The zero-order chi connectivity index (χ0) is 23.9. The molecule has 0 fully saturated rings. The zero-order valence-corrected chi connectivity index (χ0v) is 19.5. The van der Waals surface area contributed by atoms with E-state index in [1.165, 1.54) is 6.08 Å². The Bertz CT molecular complexity index is 1350. The molecule has 0 atom stereocenters. The highest BCUT2D eigenvalue weighted by atomic mass is 79.9. The number of fused-ring (bicyclic) bond motifs is 1. The summed E-state index contributed by atoms with van der Waals surface area (Å²) in [7, 11) is 0. The van der Waals surface area contributed by atoms with Gasteiger partial charge in [-0.3, -0.25) is 4.79 Å². The van der Waals surface area contributed by atoms with Crippen LogP contribution in [0.15, 0.2) is 70.7 Å². The molecule has 0 aliphatic carbocycles. The van der Waals surface area contributed by atoms with Crippen LogP contribution in [0.3, 0.4) is 0 Å². The molecule has 1 aliphatic rings. The second kappa shape index (κ2) is 10.6. The minimum atomic E-state index is -0.482. The van der Waals surface area contributed by atoms with Crippen LogP contribution in [0, 0.1) is 22.7 Å². The average molecular weight is 516 g/mol. The minimum Gasteiger partial charge on any atom is -0.488 e. The number of benzene rings is 3. The van der Waals surface area contributed by atoms with Crippen molar-refractivity contribution in [3.8, 4) is 29.4 Å². The van der Waals surface area contributed by atoms with Gasteiger partial charge >= 0.3 is 0 Å². The summed E-state index contributed by atoms with van der Waals surface area (Å²) >= 11 is 3.47. The molecule has 0 radical (unpaired) electrons. The lowest BCUT2D eigenvalue weighted by Gasteiger charge is -2.10. The molecule has 3 aromatic carbocycles. The van der Waals surface area contributed by atoms with Gasteiger partial charge in [-0.2, -0.15) is 10.5 Å². The van der Waals surface area contributed by atoms with Crippen molar-refractivity contribution in [2.75, 3.05) is 6.79 Å². The first kappa shape index (κ1) is 22.9. The maximum atomic E-state index is 12.5. The second-order valence-corrected chi connectivity index (χ2v) is 8.14. The molecule has 8 heteroatoms. The molecule has 0 saturated heterocycles. The van der Waals surface area contributed by atoms with Crippen molar-refractivity contribution in [2.45, 2.75) is 13.2 Å². The summed E-state index contributed by atoms with van der Waals surface area (Å²) in [6.07, 6.45) is 1.51. The smallest absolute Gasteiger partial charge is 0.262 e. The Morgan fingerprint density at radius 1 is 1.09 bits per heavy atom. The zero-order valence-electron chi connectivity index (χ0n) is 17.9. The monoisotopic (exact) mass is 515 g/mol. The Labute approximate surface area is 204 Å². The molecular formula is C26H18BrN3O4. The standard InChI is InChI=1S/C26H18BrN3O4/c27-22-10-17(5-7-23(22)32-15-20-4-2-1-3-19(20)12-28)9-21(13-29)26(31)30-14-18-6-8-24-25(11-18)34-16-33-24/h1-11H,14-16H2,(H,30,31)/b21-9+. The minimum absolute atomic E-state index is 0.0238. The maximum Gasteiger partial charge on any atom is 0.262 e. The SMILES string of the molecule is N#C/C(=C\c1ccc(OCc2ccccc2C#N)c(Br)c1)C(=O)NCc1ccc2c(c1)OCO2. The van der Waals surface area contributed by atoms with Crippen LogP contribution >= 0.6 is 15.9 Å². The highest BCUT2D eigenvalue weighted by Crippen LogP contribution is 2.32. The fourth-order valence-corrected chi connectivity index (χ4v) is 3.79. The Balaban J connectivity index is 1.40. The first-order chi connectivity index (χ1) is 16.6. The Morgan fingerprint density at radius 2 is 1.91 bits per heavy atom. The molecule has 0 aromatic heterocycles. The molecule has 7 nitrogen and oxygen atoms in total. The number of nitriles is 2. The van der Waals surface area contributed by atoms with Crippen LogP contribution in [-0.2, 0) is 17.9 Å². The summed E-state index contributed by atoms with van der Waals surface area (Å²) in [5, 5.41) is 21.4. The fourth-order valence-electron chi connectivity index (χ4n) is 3.28. The number of hydrogen-bond acceptors (Lipinski definition) is 6. The van der Waals surface area contributed by atoms with Gasteiger partial charge in [-0.05, 0) is 63.5 Å². The van der Waals surface area contributed by atoms with Gasteiger partial charge in [0.25, 0.3) is 5.91 Å². The molecule has 3 aromatic rings. The van der Waals surface area contributed by atoms with E-state index < -0.39 is 5.91 Å². The van der Waals surface area contributed by atoms with Crippen LogP contribution < -0.4 is 19.5 Å². The van der Waals surface area contributed by atoms with Gasteiger partial charge < -0.3 is 19.5 Å². The summed E-state index contributed by atoms with van der Waals surface area (Å²) < 4.78 is 17.1. The molecule has 168 valence electrons. The molecule has 0 bridgehead atoms. The molecule has 34 heavy (non-hydrogen) atoms. The number of carbonyl (C=O) groups excluding carboxylic acids is 1. The molecule has 1 aliphatic heterocycles. The van der Waals surface area contributed by atoms with E-state index in [1.54, 1.807) is 42.5 Å². The molecule has 0 saturated carbocycles. The van der Waals surface area contributed by atoms with Crippen LogP contribution in [0.5, 0.6) is 17.2 Å². The number of hydrogen-bond donors (Lipinski definition) is 1. The third-order valence-corrected chi connectivity index (χ3v) is 5.66. The highest BCUT2D eigenvalue weighted by molar-refractivity contribution is 9.10. The van der Waals surface area contributed by atoms with E-state index in [0.717, 1.165) is 11.1 Å². The predicted octanol–water partition coefficient (Wildman–Crippen LogP) is 4.85. The average Bonchev–Trinajstić information content (AvgIpc) is 3.33. The highest BCUT2D eigenvalue weighted by Gasteiger charge is 2.15. The predicted molar refractivity (Wildman–Crippen MR) is 128 cm³/mol. The number of halogens is 1. The third kappa shape index (κ3) is 5.37. The molecule has 1 amide bonds. The third-order valence-electron chi connectivity index (χ3n) is 5.04. The molecular weight excluding hydrogens is 498 g/mol. The van der Waals surface area contributed by atoms with Gasteiger partial charge in [0, 0.05) is 12.1 Å². The van der Waals surface area contributed by atoms with E-state index in [9.17, 15) is 15.3 Å². The van der Waals surface area contributed by atoms with Crippen molar-refractivity contribution in [3.63, 3.8) is 0 Å². The largest absolute Gasteiger partial charge is 0.488 e. The Morgan fingerprint density at radius 3 is 2.71 bits per heavy atom. The number of amides is 1. The summed E-state index contributed by atoms with van der Waals surface area (Å²) in [6, 6.07) is 22.0. The number of rotatable bonds is 7. The van der Waals surface area contributed by atoms with Crippen LogP contribution in [0.25, 0.3) is 6.08 Å². The van der Waals surface area contributed by atoms with Crippen molar-refractivity contribution in [1.29, 1.82) is 10.5 Å². The van der Waals surface area contributed by atoms with Crippen LogP contribution in [0.4, 0.5) is 0 Å². The van der Waals surface area contributed by atoms with Gasteiger partial charge in [0.2, 0.25) is 6.79 Å². The Kier molecular flexibility index (Phi) is 7.12. The van der Waals surface area contributed by atoms with Crippen molar-refractivity contribution >= 4 is 27.9 Å². The summed E-state index contributed by atoms with van der Waals surface area (Å²) in [5.41, 5.74) is 2.81. The van der Waals surface area contributed by atoms with Crippen molar-refractivity contribution < 1.29 is 19.0 Å². The molecule has 1 heterocycles. The van der Waals surface area contributed by atoms with Gasteiger partial charge in [0.05, 0.1) is 16.1 Å². The van der Waals surface area contributed by atoms with E-state index in [2.05, 4.69) is 27.3 Å². The van der Waals surface area contributed by atoms with Crippen LogP contribution in [-0.4, -0.2) is 12.7 Å². The van der Waals surface area contributed by atoms with E-state index in [1.807, 2.05) is 24.3 Å². The maximum absolute atomic E-state index is 12.5. The first-order valence-corrected chi connectivity index (χ1v) is 11.1. The molecule has 0 unspecified atom stereocenters. The normalized spacial score (nSPS) is 11.9.